The van der Waals surface area contributed by atoms with E-state index in [0.717, 1.165) is 22.9 Å². The van der Waals surface area contributed by atoms with E-state index in [1.54, 1.807) is 20.3 Å². The molecule has 3 heterocycles. The normalized spacial score (nSPS) is 15.9. The van der Waals surface area contributed by atoms with Gasteiger partial charge in [-0.2, -0.15) is 0 Å². The highest BCUT2D eigenvalue weighted by Gasteiger charge is 2.42. The maximum absolute atomic E-state index is 13.6. The lowest BCUT2D eigenvalue weighted by Gasteiger charge is -2.25. The molecule has 1 atom stereocenters. The number of thioether (sulfide) groups is 1. The van der Waals surface area contributed by atoms with E-state index in [-0.39, 0.29) is 43.2 Å². The molecule has 0 bridgehead atoms. The maximum Gasteiger partial charge on any atom is 0.259 e. The van der Waals surface area contributed by atoms with Gasteiger partial charge in [0.05, 0.1) is 32.1 Å². The molecule has 0 saturated heterocycles. The second kappa shape index (κ2) is 13.3. The number of carbonyl (C=O) groups is 3. The van der Waals surface area contributed by atoms with Crippen molar-refractivity contribution in [2.45, 2.75) is 25.4 Å². The average molecular weight is 630 g/mol. The van der Waals surface area contributed by atoms with Gasteiger partial charge in [-0.25, -0.2) is 9.89 Å². The molecule has 3 aromatic carbocycles. The van der Waals surface area contributed by atoms with E-state index in [1.807, 2.05) is 54.6 Å². The van der Waals surface area contributed by atoms with Crippen molar-refractivity contribution in [3.05, 3.63) is 77.4 Å². The number of aliphatic imine (C=N–C) groups is 2. The van der Waals surface area contributed by atoms with Gasteiger partial charge >= 0.3 is 0 Å². The molecule has 232 valence electrons. The summed E-state index contributed by atoms with van der Waals surface area (Å²) in [4.78, 5) is 49.9. The van der Waals surface area contributed by atoms with Crippen LogP contribution in [0.1, 0.15) is 23.1 Å². The van der Waals surface area contributed by atoms with E-state index in [4.69, 9.17) is 18.9 Å². The van der Waals surface area contributed by atoms with Crippen LogP contribution in [0.15, 0.2) is 70.6 Å². The van der Waals surface area contributed by atoms with Crippen LogP contribution in [0, 0.1) is 0 Å². The molecule has 12 nitrogen and oxygen atoms in total. The number of nitrogens with one attached hydrogen (secondary N) is 2. The Bertz CT molecular complexity index is 1710. The van der Waals surface area contributed by atoms with Crippen molar-refractivity contribution in [2.75, 3.05) is 33.3 Å². The molecule has 0 spiro atoms. The van der Waals surface area contributed by atoms with Gasteiger partial charge in [-0.3, -0.25) is 19.4 Å². The lowest BCUT2D eigenvalue weighted by Crippen LogP contribution is -2.42. The topological polar surface area (TPSA) is 140 Å². The number of hydrogen-bond acceptors (Lipinski definition) is 10. The van der Waals surface area contributed by atoms with E-state index in [9.17, 15) is 14.4 Å². The molecule has 3 aromatic rings. The van der Waals surface area contributed by atoms with Crippen molar-refractivity contribution >= 4 is 46.2 Å². The van der Waals surface area contributed by atoms with Crippen LogP contribution in [0.25, 0.3) is 0 Å². The third kappa shape index (κ3) is 6.58. The smallest absolute Gasteiger partial charge is 0.259 e. The fraction of sp³-hybridized carbons (Fsp3) is 0.281. The molecule has 0 aliphatic carbocycles. The number of fused-ring (bicyclic) bond motifs is 4. The molecule has 3 aliphatic rings. The molecule has 2 N–H and O–H groups in total. The molecular weight excluding hydrogens is 598 g/mol. The molecule has 6 rings (SSSR count). The molecule has 0 radical (unpaired) electrons. The summed E-state index contributed by atoms with van der Waals surface area (Å²) >= 11 is 1.15. The lowest BCUT2D eigenvalue weighted by atomic mass is 10.1. The predicted molar refractivity (Wildman–Crippen MR) is 168 cm³/mol. The zero-order chi connectivity index (χ0) is 31.3. The molecular formula is C32H31N5O7S. The van der Waals surface area contributed by atoms with E-state index < -0.39 is 6.04 Å². The summed E-state index contributed by atoms with van der Waals surface area (Å²) in [5.74, 6) is 2.15. The molecule has 3 aliphatic heterocycles. The first-order valence-corrected chi connectivity index (χ1v) is 15.3. The van der Waals surface area contributed by atoms with Gasteiger partial charge in [-0.05, 0) is 53.9 Å². The number of methoxy groups -OCH3 is 2. The number of carbonyl (C=O) groups excluding carboxylic acids is 3. The first-order chi connectivity index (χ1) is 21.9. The Morgan fingerprint density at radius 1 is 0.956 bits per heavy atom. The van der Waals surface area contributed by atoms with Crippen LogP contribution in [-0.2, 0) is 27.3 Å². The molecule has 0 aromatic heterocycles. The molecule has 3 amide bonds. The zero-order valence-corrected chi connectivity index (χ0v) is 25.5. The summed E-state index contributed by atoms with van der Waals surface area (Å²) < 4.78 is 21.4. The Morgan fingerprint density at radius 2 is 1.76 bits per heavy atom. The summed E-state index contributed by atoms with van der Waals surface area (Å²) in [7, 11) is 3.16. The lowest BCUT2D eigenvalue weighted by molar-refractivity contribution is -0.128. The number of ether oxygens (including phenoxy) is 4. The van der Waals surface area contributed by atoms with Crippen LogP contribution in [0.5, 0.6) is 23.0 Å². The number of hydrogen-bond donors (Lipinski definition) is 2. The fourth-order valence-electron chi connectivity index (χ4n) is 5.09. The zero-order valence-electron chi connectivity index (χ0n) is 24.7. The van der Waals surface area contributed by atoms with E-state index in [0.29, 0.717) is 58.2 Å². The number of amides is 3. The van der Waals surface area contributed by atoms with E-state index in [1.165, 1.54) is 4.90 Å². The summed E-state index contributed by atoms with van der Waals surface area (Å²) in [6.07, 6.45) is 0.477. The number of para-hydroxylation sites is 1. The van der Waals surface area contributed by atoms with Gasteiger partial charge < -0.3 is 29.6 Å². The van der Waals surface area contributed by atoms with Crippen LogP contribution in [-0.4, -0.2) is 73.0 Å². The Kier molecular flexibility index (Phi) is 8.87. The fourth-order valence-corrected chi connectivity index (χ4v) is 5.93. The van der Waals surface area contributed by atoms with Gasteiger partial charge in [-0.15, -0.1) is 0 Å². The molecule has 13 heteroatoms. The standard InChI is InChI=1S/C32H31N5O7S/c1-41-24-9-7-19(13-26(24)42-2)11-12-33-29(39)17-45-32-36-22-6-4-3-5-21(22)30-35-23(31(40)37(30)32)15-28(38)34-16-20-8-10-25-27(14-20)44-18-43-25/h3-10,13-14,23H,11-12,15-18H2,1-2H3,(H,33,39)(H,34,38). The highest BCUT2D eigenvalue weighted by Crippen LogP contribution is 2.35. The summed E-state index contributed by atoms with van der Waals surface area (Å²) in [6, 6.07) is 17.5. The first-order valence-electron chi connectivity index (χ1n) is 14.3. The molecule has 0 fully saturated rings. The van der Waals surface area contributed by atoms with Crippen LogP contribution < -0.4 is 29.6 Å². The Balaban J connectivity index is 1.06. The van der Waals surface area contributed by atoms with Crippen molar-refractivity contribution in [3.8, 4) is 23.0 Å². The van der Waals surface area contributed by atoms with Gasteiger partial charge in [-0.1, -0.05) is 36.0 Å². The van der Waals surface area contributed by atoms with Gasteiger partial charge in [0.2, 0.25) is 18.6 Å². The number of rotatable bonds is 11. The van der Waals surface area contributed by atoms with Gasteiger partial charge in [0, 0.05) is 18.7 Å². The number of amidine groups is 2. The second-order valence-electron chi connectivity index (χ2n) is 10.3. The van der Waals surface area contributed by atoms with Crippen LogP contribution >= 0.6 is 11.8 Å². The Labute approximate surface area is 263 Å². The largest absolute Gasteiger partial charge is 0.493 e. The van der Waals surface area contributed by atoms with Gasteiger partial charge in [0.1, 0.15) is 11.9 Å². The molecule has 1 unspecified atom stereocenters. The van der Waals surface area contributed by atoms with Crippen LogP contribution in [0.3, 0.4) is 0 Å². The van der Waals surface area contributed by atoms with Gasteiger partial charge in [0.15, 0.2) is 28.2 Å². The minimum absolute atomic E-state index is 0.0463. The minimum atomic E-state index is -0.913. The highest BCUT2D eigenvalue weighted by molar-refractivity contribution is 8.14. The summed E-state index contributed by atoms with van der Waals surface area (Å²) in [5.41, 5.74) is 3.17. The third-order valence-electron chi connectivity index (χ3n) is 7.37. The van der Waals surface area contributed by atoms with Crippen molar-refractivity contribution < 1.29 is 33.3 Å². The third-order valence-corrected chi connectivity index (χ3v) is 8.31. The summed E-state index contributed by atoms with van der Waals surface area (Å²) in [6.45, 7) is 0.857. The van der Waals surface area contributed by atoms with E-state index >= 15 is 0 Å². The monoisotopic (exact) mass is 629 g/mol. The maximum atomic E-state index is 13.6. The van der Waals surface area contributed by atoms with Crippen molar-refractivity contribution in [1.29, 1.82) is 0 Å². The Hall–Kier alpha value is -5.04. The Morgan fingerprint density at radius 3 is 2.60 bits per heavy atom. The van der Waals surface area contributed by atoms with E-state index in [2.05, 4.69) is 20.6 Å². The molecule has 0 saturated carbocycles. The number of nitrogens with zero attached hydrogens (tertiary/aromatic N) is 3. The highest BCUT2D eigenvalue weighted by atomic mass is 32.2. The van der Waals surface area contributed by atoms with Crippen molar-refractivity contribution in [1.82, 2.24) is 15.5 Å². The quantitative estimate of drug-likeness (QED) is 0.330. The van der Waals surface area contributed by atoms with Crippen LogP contribution in [0.4, 0.5) is 5.69 Å². The summed E-state index contributed by atoms with van der Waals surface area (Å²) in [5, 5.41) is 6.11. The minimum Gasteiger partial charge on any atom is -0.493 e. The average Bonchev–Trinajstić information content (AvgIpc) is 3.66. The first kappa shape index (κ1) is 30.0. The van der Waals surface area contributed by atoms with Crippen LogP contribution in [0.2, 0.25) is 0 Å². The predicted octanol–water partition coefficient (Wildman–Crippen LogP) is 3.19. The number of benzene rings is 3. The van der Waals surface area contributed by atoms with Gasteiger partial charge in [0.25, 0.3) is 5.91 Å². The van der Waals surface area contributed by atoms with Crippen molar-refractivity contribution in [2.24, 2.45) is 9.98 Å². The molecule has 45 heavy (non-hydrogen) atoms. The SMILES string of the molecule is COc1ccc(CCNC(=O)CSC2=Nc3ccccc3C3=NC(CC(=O)NCc4ccc5c(c4)OCO5)C(=O)N23)cc1OC. The second-order valence-corrected chi connectivity index (χ2v) is 11.2. The van der Waals surface area contributed by atoms with Crippen molar-refractivity contribution in [3.63, 3.8) is 0 Å².